The molecule has 0 aliphatic rings. The van der Waals surface area contributed by atoms with Gasteiger partial charge in [0.05, 0.1) is 0 Å². The van der Waals surface area contributed by atoms with Gasteiger partial charge in [0, 0.05) is 39.6 Å². The number of hydrazine groups is 1. The molecule has 1 N–H and O–H groups in total. The minimum atomic E-state index is 0.145. The van der Waals surface area contributed by atoms with Crippen molar-refractivity contribution in [1.82, 2.24) is 15.3 Å². The number of rotatable bonds is 7. The lowest BCUT2D eigenvalue weighted by atomic mass is 10.3. The molecule has 0 aliphatic heterocycles. The van der Waals surface area contributed by atoms with Gasteiger partial charge in [0.25, 0.3) is 0 Å². The summed E-state index contributed by atoms with van der Waals surface area (Å²) in [6.07, 6.45) is 2.31. The maximum absolute atomic E-state index is 11.8. The van der Waals surface area contributed by atoms with Gasteiger partial charge in [0.1, 0.15) is 0 Å². The Bertz CT molecular complexity index is 194. The van der Waals surface area contributed by atoms with E-state index in [1.54, 1.807) is 11.1 Å². The fourth-order valence-electron chi connectivity index (χ4n) is 1.49. The molecule has 0 atom stereocenters. The first-order chi connectivity index (χ1) is 7.00. The highest BCUT2D eigenvalue weighted by Crippen LogP contribution is 2.02. The van der Waals surface area contributed by atoms with E-state index >= 15 is 0 Å². The van der Waals surface area contributed by atoms with Crippen LogP contribution in [-0.4, -0.2) is 49.2 Å². The highest BCUT2D eigenvalue weighted by Gasteiger charge is 2.17. The average molecular weight is 213 g/mol. The molecular formula is C11H23N3O. The van der Waals surface area contributed by atoms with Gasteiger partial charge < -0.3 is 5.32 Å². The molecule has 0 saturated heterocycles. The first-order valence-electron chi connectivity index (χ1n) is 5.31. The van der Waals surface area contributed by atoms with Crippen LogP contribution in [0, 0.1) is 0 Å². The molecule has 0 saturated carbocycles. The summed E-state index contributed by atoms with van der Waals surface area (Å²) in [5, 5.41) is 6.71. The van der Waals surface area contributed by atoms with Crippen molar-refractivity contribution in [3.63, 3.8) is 0 Å². The van der Waals surface area contributed by atoms with Gasteiger partial charge in [-0.05, 0) is 13.8 Å². The lowest BCUT2D eigenvalue weighted by Crippen LogP contribution is -2.47. The number of hydrogen-bond acceptors (Lipinski definition) is 3. The van der Waals surface area contributed by atoms with Gasteiger partial charge in [0.2, 0.25) is 5.91 Å². The van der Waals surface area contributed by atoms with E-state index in [1.807, 2.05) is 33.0 Å². The normalized spacial score (nSPS) is 10.8. The summed E-state index contributed by atoms with van der Waals surface area (Å²) >= 11 is 0. The average Bonchev–Trinajstić information content (AvgIpc) is 2.11. The molecule has 0 aliphatic carbocycles. The molecule has 0 aromatic rings. The van der Waals surface area contributed by atoms with E-state index in [0.29, 0.717) is 13.0 Å². The number of hydrogen-bond donors (Lipinski definition) is 1. The molecule has 0 unspecified atom stereocenters. The monoisotopic (exact) mass is 213 g/mol. The maximum Gasteiger partial charge on any atom is 0.238 e. The van der Waals surface area contributed by atoms with E-state index in [1.165, 1.54) is 0 Å². The molecule has 88 valence electrons. The molecule has 0 spiro atoms. The topological polar surface area (TPSA) is 35.6 Å². The van der Waals surface area contributed by atoms with E-state index in [4.69, 9.17) is 0 Å². The second kappa shape index (κ2) is 7.43. The number of nitrogens with one attached hydrogen (secondary N) is 1. The lowest BCUT2D eigenvalue weighted by Gasteiger charge is -2.32. The summed E-state index contributed by atoms with van der Waals surface area (Å²) in [4.78, 5) is 11.8. The molecular weight excluding hydrogens is 190 g/mol. The number of amides is 1. The molecule has 0 heterocycles. The molecule has 4 heteroatoms. The van der Waals surface area contributed by atoms with Crippen LogP contribution in [0.1, 0.15) is 20.3 Å². The van der Waals surface area contributed by atoms with Crippen LogP contribution in [0.25, 0.3) is 0 Å². The lowest BCUT2D eigenvalue weighted by molar-refractivity contribution is -0.148. The molecule has 4 nitrogen and oxygen atoms in total. The van der Waals surface area contributed by atoms with Gasteiger partial charge in [-0.2, -0.15) is 0 Å². The largest absolute Gasteiger partial charge is 0.313 e. The fourth-order valence-corrected chi connectivity index (χ4v) is 1.49. The van der Waals surface area contributed by atoms with Crippen molar-refractivity contribution >= 4 is 5.91 Å². The minimum Gasteiger partial charge on any atom is -0.313 e. The van der Waals surface area contributed by atoms with E-state index < -0.39 is 0 Å². The summed E-state index contributed by atoms with van der Waals surface area (Å²) in [7, 11) is 3.77. The summed E-state index contributed by atoms with van der Waals surface area (Å²) in [5.41, 5.74) is 0. The minimum absolute atomic E-state index is 0.145. The summed E-state index contributed by atoms with van der Waals surface area (Å²) < 4.78 is 0. The predicted octanol–water partition coefficient (Wildman–Crippen LogP) is 0.866. The molecule has 0 rings (SSSR count). The van der Waals surface area contributed by atoms with Crippen molar-refractivity contribution in [2.45, 2.75) is 26.3 Å². The maximum atomic E-state index is 11.8. The van der Waals surface area contributed by atoms with E-state index in [0.717, 1.165) is 6.54 Å². The second-order valence-corrected chi connectivity index (χ2v) is 3.92. The molecule has 0 radical (unpaired) electrons. The SMILES string of the molecule is C=CCNCCC(=O)N(C(C)C)N(C)C. The highest BCUT2D eigenvalue weighted by molar-refractivity contribution is 5.76. The van der Waals surface area contributed by atoms with Crippen LogP contribution in [0.15, 0.2) is 12.7 Å². The Morgan fingerprint density at radius 2 is 2.07 bits per heavy atom. The summed E-state index contributed by atoms with van der Waals surface area (Å²) in [5.74, 6) is 0.145. The zero-order valence-electron chi connectivity index (χ0n) is 10.3. The summed E-state index contributed by atoms with van der Waals surface area (Å²) in [6.45, 7) is 9.06. The first-order valence-corrected chi connectivity index (χ1v) is 5.31. The Morgan fingerprint density at radius 3 is 2.47 bits per heavy atom. The molecule has 1 amide bonds. The van der Waals surface area contributed by atoms with Crippen LogP contribution < -0.4 is 5.32 Å². The van der Waals surface area contributed by atoms with Gasteiger partial charge in [0.15, 0.2) is 0 Å². The fraction of sp³-hybridized carbons (Fsp3) is 0.727. The number of nitrogens with zero attached hydrogens (tertiary/aromatic N) is 2. The van der Waals surface area contributed by atoms with Crippen LogP contribution in [0.2, 0.25) is 0 Å². The van der Waals surface area contributed by atoms with E-state index in [9.17, 15) is 4.79 Å². The smallest absolute Gasteiger partial charge is 0.238 e. The van der Waals surface area contributed by atoms with Crippen molar-refractivity contribution in [2.75, 3.05) is 27.2 Å². The number of carbonyl (C=O) groups is 1. The van der Waals surface area contributed by atoms with E-state index in [2.05, 4.69) is 11.9 Å². The van der Waals surface area contributed by atoms with E-state index in [-0.39, 0.29) is 11.9 Å². The van der Waals surface area contributed by atoms with Crippen LogP contribution in [0.5, 0.6) is 0 Å². The standard InChI is InChI=1S/C11H23N3O/c1-6-8-12-9-7-11(15)14(10(2)3)13(4)5/h6,10,12H,1,7-9H2,2-5H3. The second-order valence-electron chi connectivity index (χ2n) is 3.92. The molecule has 0 bridgehead atoms. The van der Waals surface area contributed by atoms with Crippen LogP contribution in [0.3, 0.4) is 0 Å². The van der Waals surface area contributed by atoms with Crippen LogP contribution >= 0.6 is 0 Å². The molecule has 0 aromatic carbocycles. The van der Waals surface area contributed by atoms with Crippen molar-refractivity contribution < 1.29 is 4.79 Å². The molecule has 0 fully saturated rings. The van der Waals surface area contributed by atoms with Gasteiger partial charge in [-0.15, -0.1) is 6.58 Å². The Labute approximate surface area is 92.9 Å². The Morgan fingerprint density at radius 1 is 1.47 bits per heavy atom. The third-order valence-corrected chi connectivity index (χ3v) is 1.98. The van der Waals surface area contributed by atoms with Gasteiger partial charge in [-0.3, -0.25) is 9.80 Å². The first kappa shape index (κ1) is 14.1. The third-order valence-electron chi connectivity index (χ3n) is 1.98. The third kappa shape index (κ3) is 5.54. The zero-order chi connectivity index (χ0) is 11.8. The molecule has 0 aromatic heterocycles. The van der Waals surface area contributed by atoms with Crippen LogP contribution in [-0.2, 0) is 4.79 Å². The Hall–Kier alpha value is -0.870. The number of carbonyl (C=O) groups excluding carboxylic acids is 1. The van der Waals surface area contributed by atoms with Gasteiger partial charge >= 0.3 is 0 Å². The van der Waals surface area contributed by atoms with Crippen molar-refractivity contribution in [2.24, 2.45) is 0 Å². The molecule has 15 heavy (non-hydrogen) atoms. The van der Waals surface area contributed by atoms with Crippen molar-refractivity contribution in [3.05, 3.63) is 12.7 Å². The van der Waals surface area contributed by atoms with Crippen LogP contribution in [0.4, 0.5) is 0 Å². The summed E-state index contributed by atoms with van der Waals surface area (Å²) in [6, 6.07) is 0.201. The van der Waals surface area contributed by atoms with Crippen molar-refractivity contribution in [1.29, 1.82) is 0 Å². The highest BCUT2D eigenvalue weighted by atomic mass is 16.2. The quantitative estimate of drug-likeness (QED) is 0.387. The zero-order valence-corrected chi connectivity index (χ0v) is 10.3. The van der Waals surface area contributed by atoms with Gasteiger partial charge in [-0.1, -0.05) is 6.08 Å². The Balaban J connectivity index is 3.98. The predicted molar refractivity (Wildman–Crippen MR) is 63.4 cm³/mol. The van der Waals surface area contributed by atoms with Crippen molar-refractivity contribution in [3.8, 4) is 0 Å². The Kier molecular flexibility index (Phi) is 6.99. The van der Waals surface area contributed by atoms with Gasteiger partial charge in [-0.25, -0.2) is 5.01 Å².